The van der Waals surface area contributed by atoms with Crippen LogP contribution in [0.3, 0.4) is 0 Å². The standard InChI is InChI=1S/C11H12N2O2/c1-15-11(14)5-3-8-2-4-9-10(6-8)13-7-12-9/h2,4,6-7H,3,5H2,1H3,(H,12,13). The van der Waals surface area contributed by atoms with Gasteiger partial charge in [0.1, 0.15) is 0 Å². The third-order valence-electron chi connectivity index (χ3n) is 2.33. The summed E-state index contributed by atoms with van der Waals surface area (Å²) in [6.07, 6.45) is 2.77. The zero-order valence-corrected chi connectivity index (χ0v) is 8.49. The molecule has 0 radical (unpaired) electrons. The number of esters is 1. The summed E-state index contributed by atoms with van der Waals surface area (Å²) in [5, 5.41) is 0. The van der Waals surface area contributed by atoms with Gasteiger partial charge in [-0.05, 0) is 24.1 Å². The first-order valence-electron chi connectivity index (χ1n) is 4.78. The highest BCUT2D eigenvalue weighted by Crippen LogP contribution is 2.12. The van der Waals surface area contributed by atoms with Crippen LogP contribution in [-0.4, -0.2) is 23.0 Å². The van der Waals surface area contributed by atoms with Crippen molar-refractivity contribution in [3.05, 3.63) is 30.1 Å². The summed E-state index contributed by atoms with van der Waals surface area (Å²) in [7, 11) is 1.40. The molecule has 0 aliphatic heterocycles. The molecular weight excluding hydrogens is 192 g/mol. The van der Waals surface area contributed by atoms with Gasteiger partial charge in [-0.2, -0.15) is 0 Å². The van der Waals surface area contributed by atoms with Crippen molar-refractivity contribution >= 4 is 17.0 Å². The fraction of sp³-hybridized carbons (Fsp3) is 0.273. The number of aromatic nitrogens is 2. The van der Waals surface area contributed by atoms with E-state index in [1.165, 1.54) is 7.11 Å². The summed E-state index contributed by atoms with van der Waals surface area (Å²) in [5.41, 5.74) is 3.05. The van der Waals surface area contributed by atoms with Crippen LogP contribution < -0.4 is 0 Å². The van der Waals surface area contributed by atoms with Crippen LogP contribution in [0.15, 0.2) is 24.5 Å². The second-order valence-electron chi connectivity index (χ2n) is 3.33. The minimum absolute atomic E-state index is 0.181. The van der Waals surface area contributed by atoms with Gasteiger partial charge in [-0.15, -0.1) is 0 Å². The number of methoxy groups -OCH3 is 1. The minimum atomic E-state index is -0.181. The molecule has 2 aromatic rings. The Kier molecular flexibility index (Phi) is 2.67. The number of nitrogens with zero attached hydrogens (tertiary/aromatic N) is 1. The second kappa shape index (κ2) is 4.13. The van der Waals surface area contributed by atoms with Gasteiger partial charge in [0.2, 0.25) is 0 Å². The summed E-state index contributed by atoms with van der Waals surface area (Å²) < 4.78 is 4.59. The van der Waals surface area contributed by atoms with E-state index in [9.17, 15) is 4.79 Å². The first-order valence-corrected chi connectivity index (χ1v) is 4.78. The number of nitrogens with one attached hydrogen (secondary N) is 1. The summed E-state index contributed by atoms with van der Waals surface area (Å²) in [6.45, 7) is 0. The number of imidazole rings is 1. The van der Waals surface area contributed by atoms with Crippen LogP contribution in [0.25, 0.3) is 11.0 Å². The Bertz CT molecular complexity index is 476. The van der Waals surface area contributed by atoms with E-state index >= 15 is 0 Å². The van der Waals surface area contributed by atoms with Crippen molar-refractivity contribution < 1.29 is 9.53 Å². The number of rotatable bonds is 3. The molecule has 1 N–H and O–H groups in total. The predicted octanol–water partition coefficient (Wildman–Crippen LogP) is 1.67. The molecule has 0 atom stereocenters. The maximum absolute atomic E-state index is 11.0. The van der Waals surface area contributed by atoms with E-state index in [2.05, 4.69) is 14.7 Å². The van der Waals surface area contributed by atoms with Gasteiger partial charge < -0.3 is 9.72 Å². The van der Waals surface area contributed by atoms with E-state index in [0.717, 1.165) is 16.6 Å². The van der Waals surface area contributed by atoms with Crippen molar-refractivity contribution in [2.45, 2.75) is 12.8 Å². The molecule has 0 bridgehead atoms. The predicted molar refractivity (Wildman–Crippen MR) is 56.4 cm³/mol. The van der Waals surface area contributed by atoms with Crippen LogP contribution in [0, 0.1) is 0 Å². The van der Waals surface area contributed by atoms with E-state index < -0.39 is 0 Å². The smallest absolute Gasteiger partial charge is 0.305 e. The van der Waals surface area contributed by atoms with Gasteiger partial charge in [-0.25, -0.2) is 4.98 Å². The Morgan fingerprint density at radius 3 is 3.20 bits per heavy atom. The average Bonchev–Trinajstić information content (AvgIpc) is 2.72. The molecule has 0 aliphatic carbocycles. The van der Waals surface area contributed by atoms with Crippen LogP contribution in [0.2, 0.25) is 0 Å². The number of aromatic amines is 1. The third-order valence-corrected chi connectivity index (χ3v) is 2.33. The maximum atomic E-state index is 11.0. The Morgan fingerprint density at radius 2 is 2.40 bits per heavy atom. The lowest BCUT2D eigenvalue weighted by molar-refractivity contribution is -0.140. The molecule has 4 nitrogen and oxygen atoms in total. The van der Waals surface area contributed by atoms with Gasteiger partial charge in [0.05, 0.1) is 24.5 Å². The summed E-state index contributed by atoms with van der Waals surface area (Å²) in [4.78, 5) is 18.1. The van der Waals surface area contributed by atoms with Gasteiger partial charge in [0, 0.05) is 6.42 Å². The van der Waals surface area contributed by atoms with Gasteiger partial charge >= 0.3 is 5.97 Å². The zero-order valence-electron chi connectivity index (χ0n) is 8.49. The van der Waals surface area contributed by atoms with E-state index in [4.69, 9.17) is 0 Å². The molecular formula is C11H12N2O2. The zero-order chi connectivity index (χ0) is 10.7. The van der Waals surface area contributed by atoms with Crippen LogP contribution in [0.1, 0.15) is 12.0 Å². The lowest BCUT2D eigenvalue weighted by atomic mass is 10.1. The monoisotopic (exact) mass is 204 g/mol. The van der Waals surface area contributed by atoms with Crippen LogP contribution in [0.5, 0.6) is 0 Å². The molecule has 4 heteroatoms. The molecule has 1 aromatic heterocycles. The molecule has 1 heterocycles. The number of H-pyrrole nitrogens is 1. The number of carbonyl (C=O) groups excluding carboxylic acids is 1. The first-order chi connectivity index (χ1) is 7.29. The van der Waals surface area contributed by atoms with Gasteiger partial charge in [-0.3, -0.25) is 4.79 Å². The van der Waals surface area contributed by atoms with Crippen LogP contribution in [0.4, 0.5) is 0 Å². The minimum Gasteiger partial charge on any atom is -0.469 e. The summed E-state index contributed by atoms with van der Waals surface area (Å²) >= 11 is 0. The van der Waals surface area contributed by atoms with Crippen molar-refractivity contribution in [3.63, 3.8) is 0 Å². The van der Waals surface area contributed by atoms with Gasteiger partial charge in [0.25, 0.3) is 0 Å². The lowest BCUT2D eigenvalue weighted by Gasteiger charge is -2.00. The normalized spacial score (nSPS) is 10.5. The van der Waals surface area contributed by atoms with Gasteiger partial charge in [0.15, 0.2) is 0 Å². The van der Waals surface area contributed by atoms with Crippen molar-refractivity contribution in [1.29, 1.82) is 0 Å². The van der Waals surface area contributed by atoms with Crippen molar-refractivity contribution in [1.82, 2.24) is 9.97 Å². The number of ether oxygens (including phenoxy) is 1. The number of aryl methyl sites for hydroxylation is 1. The number of hydrogen-bond donors (Lipinski definition) is 1. The molecule has 0 amide bonds. The lowest BCUT2D eigenvalue weighted by Crippen LogP contribution is -2.01. The fourth-order valence-corrected chi connectivity index (χ4v) is 1.49. The molecule has 15 heavy (non-hydrogen) atoms. The first kappa shape index (κ1) is 9.71. The van der Waals surface area contributed by atoms with E-state index in [1.807, 2.05) is 18.2 Å². The Labute approximate surface area is 87.3 Å². The Hall–Kier alpha value is -1.84. The molecule has 0 saturated carbocycles. The Balaban J connectivity index is 2.11. The second-order valence-corrected chi connectivity index (χ2v) is 3.33. The molecule has 0 spiro atoms. The molecule has 2 rings (SSSR count). The number of hydrogen-bond acceptors (Lipinski definition) is 3. The van der Waals surface area contributed by atoms with E-state index in [0.29, 0.717) is 12.8 Å². The molecule has 1 aromatic carbocycles. The van der Waals surface area contributed by atoms with E-state index in [-0.39, 0.29) is 5.97 Å². The highest BCUT2D eigenvalue weighted by Gasteiger charge is 2.02. The largest absolute Gasteiger partial charge is 0.469 e. The summed E-state index contributed by atoms with van der Waals surface area (Å²) in [6, 6.07) is 5.93. The van der Waals surface area contributed by atoms with Gasteiger partial charge in [-0.1, -0.05) is 6.07 Å². The number of fused-ring (bicyclic) bond motifs is 1. The van der Waals surface area contributed by atoms with Crippen LogP contribution in [-0.2, 0) is 16.0 Å². The number of carbonyl (C=O) groups is 1. The van der Waals surface area contributed by atoms with Crippen molar-refractivity contribution in [2.75, 3.05) is 7.11 Å². The van der Waals surface area contributed by atoms with Crippen molar-refractivity contribution in [2.24, 2.45) is 0 Å². The SMILES string of the molecule is COC(=O)CCc1ccc2nc[nH]c2c1. The fourth-order valence-electron chi connectivity index (χ4n) is 1.49. The topological polar surface area (TPSA) is 55.0 Å². The Morgan fingerprint density at radius 1 is 1.53 bits per heavy atom. The van der Waals surface area contributed by atoms with Crippen LogP contribution >= 0.6 is 0 Å². The summed E-state index contributed by atoms with van der Waals surface area (Å²) in [5.74, 6) is -0.181. The van der Waals surface area contributed by atoms with Crippen molar-refractivity contribution in [3.8, 4) is 0 Å². The third kappa shape index (κ3) is 2.15. The highest BCUT2D eigenvalue weighted by molar-refractivity contribution is 5.75. The molecule has 0 fully saturated rings. The number of benzene rings is 1. The molecule has 0 saturated heterocycles. The molecule has 0 unspecified atom stereocenters. The quantitative estimate of drug-likeness (QED) is 0.774. The highest BCUT2D eigenvalue weighted by atomic mass is 16.5. The molecule has 0 aliphatic rings. The maximum Gasteiger partial charge on any atom is 0.305 e. The average molecular weight is 204 g/mol. The molecule has 78 valence electrons. The van der Waals surface area contributed by atoms with E-state index in [1.54, 1.807) is 6.33 Å².